The molecule has 3 heterocycles. The third-order valence-electron chi connectivity index (χ3n) is 1.96. The zero-order valence-electron chi connectivity index (χ0n) is 7.65. The number of hydrogen-bond acceptors (Lipinski definition) is 5. The molecule has 0 saturated carbocycles. The molecular weight excluding hydrogens is 194 g/mol. The van der Waals surface area contributed by atoms with Gasteiger partial charge in [0.1, 0.15) is 0 Å². The Morgan fingerprint density at radius 3 is 2.87 bits per heavy atom. The Bertz CT molecular complexity index is 567. The van der Waals surface area contributed by atoms with Crippen LogP contribution in [-0.4, -0.2) is 29.7 Å². The summed E-state index contributed by atoms with van der Waals surface area (Å²) in [7, 11) is 0. The van der Waals surface area contributed by atoms with Crippen molar-refractivity contribution in [3.8, 4) is 0 Å². The molecule has 3 rings (SSSR count). The van der Waals surface area contributed by atoms with E-state index in [1.54, 1.807) is 21.6 Å². The highest BCUT2D eigenvalue weighted by atomic mass is 15.6. The van der Waals surface area contributed by atoms with E-state index in [1.165, 1.54) is 0 Å². The third kappa shape index (κ3) is 1.30. The minimum atomic E-state index is 0.604. The molecule has 0 aliphatic heterocycles. The number of hydrogen-bond donors (Lipinski definition) is 1. The van der Waals surface area contributed by atoms with Crippen molar-refractivity contribution in [1.82, 2.24) is 29.7 Å². The van der Waals surface area contributed by atoms with E-state index >= 15 is 0 Å². The van der Waals surface area contributed by atoms with E-state index < -0.39 is 0 Å². The van der Waals surface area contributed by atoms with Crippen molar-refractivity contribution in [2.24, 2.45) is 0 Å². The van der Waals surface area contributed by atoms with Crippen molar-refractivity contribution in [1.29, 1.82) is 0 Å². The lowest BCUT2D eigenvalue weighted by Gasteiger charge is -2.06. The molecule has 3 aromatic heterocycles. The van der Waals surface area contributed by atoms with Crippen LogP contribution < -0.4 is 5.43 Å². The summed E-state index contributed by atoms with van der Waals surface area (Å²) in [6.45, 7) is 0. The lowest BCUT2D eigenvalue weighted by Crippen LogP contribution is -2.10. The van der Waals surface area contributed by atoms with Crippen LogP contribution in [0.1, 0.15) is 0 Å². The fourth-order valence-electron chi connectivity index (χ4n) is 1.29. The van der Waals surface area contributed by atoms with Crippen molar-refractivity contribution in [3.63, 3.8) is 0 Å². The van der Waals surface area contributed by atoms with Crippen molar-refractivity contribution in [2.75, 3.05) is 5.43 Å². The summed E-state index contributed by atoms with van der Waals surface area (Å²) >= 11 is 0. The number of tetrazole rings is 1. The summed E-state index contributed by atoms with van der Waals surface area (Å²) in [5.41, 5.74) is 3.69. The van der Waals surface area contributed by atoms with Gasteiger partial charge in [0.25, 0.3) is 0 Å². The van der Waals surface area contributed by atoms with Crippen LogP contribution in [0.4, 0.5) is 5.82 Å². The molecule has 3 aromatic rings. The molecule has 15 heavy (non-hydrogen) atoms. The predicted molar refractivity (Wildman–Crippen MR) is 52.0 cm³/mol. The highest BCUT2D eigenvalue weighted by Crippen LogP contribution is 2.05. The van der Waals surface area contributed by atoms with Gasteiger partial charge in [-0.2, -0.15) is 4.52 Å². The van der Waals surface area contributed by atoms with Gasteiger partial charge in [-0.1, -0.05) is 0 Å². The van der Waals surface area contributed by atoms with Crippen molar-refractivity contribution in [3.05, 3.63) is 36.9 Å². The molecule has 0 fully saturated rings. The monoisotopic (exact) mass is 201 g/mol. The van der Waals surface area contributed by atoms with Gasteiger partial charge in [-0.15, -0.1) is 5.10 Å². The number of rotatable bonds is 2. The average Bonchev–Trinajstić information content (AvgIpc) is 2.87. The van der Waals surface area contributed by atoms with Crippen LogP contribution >= 0.6 is 0 Å². The molecular formula is C8H7N7. The molecule has 1 N–H and O–H groups in total. The predicted octanol–water partition coefficient (Wildman–Crippen LogP) is 0.196. The molecule has 0 aromatic carbocycles. The largest absolute Gasteiger partial charge is 0.277 e. The van der Waals surface area contributed by atoms with E-state index in [0.717, 1.165) is 0 Å². The fraction of sp³-hybridized carbons (Fsp3) is 0. The van der Waals surface area contributed by atoms with Crippen LogP contribution in [-0.2, 0) is 0 Å². The number of fused-ring (bicyclic) bond motifs is 1. The Labute approximate surface area is 84.3 Å². The molecule has 0 atom stereocenters. The molecule has 0 unspecified atom stereocenters. The molecule has 74 valence electrons. The van der Waals surface area contributed by atoms with Crippen molar-refractivity contribution in [2.45, 2.75) is 0 Å². The summed E-state index contributed by atoms with van der Waals surface area (Å²) in [6.07, 6.45) is 7.01. The topological polar surface area (TPSA) is 72.9 Å². The quantitative estimate of drug-likeness (QED) is 0.641. The first kappa shape index (κ1) is 7.92. The second-order valence-electron chi connectivity index (χ2n) is 2.94. The zero-order chi connectivity index (χ0) is 10.1. The van der Waals surface area contributed by atoms with Gasteiger partial charge in [0.2, 0.25) is 0 Å². The molecule has 0 spiro atoms. The second kappa shape index (κ2) is 3.05. The van der Waals surface area contributed by atoms with E-state index in [4.69, 9.17) is 0 Å². The Kier molecular flexibility index (Phi) is 1.61. The standard InChI is InChI=1S/C8H7N7/c1-2-4-14(3-1)11-8-6-9-5-7-10-12-13-15(7)8/h1-6,11H. The van der Waals surface area contributed by atoms with Gasteiger partial charge >= 0.3 is 0 Å². The minimum Gasteiger partial charge on any atom is -0.277 e. The van der Waals surface area contributed by atoms with Crippen LogP contribution in [0.2, 0.25) is 0 Å². The summed E-state index contributed by atoms with van der Waals surface area (Å²) in [6, 6.07) is 3.83. The van der Waals surface area contributed by atoms with Gasteiger partial charge in [0.15, 0.2) is 11.5 Å². The molecule has 0 amide bonds. The van der Waals surface area contributed by atoms with E-state index in [-0.39, 0.29) is 0 Å². The first-order valence-corrected chi connectivity index (χ1v) is 4.35. The molecule has 7 heteroatoms. The highest BCUT2D eigenvalue weighted by Gasteiger charge is 2.02. The van der Waals surface area contributed by atoms with Gasteiger partial charge in [0, 0.05) is 12.4 Å². The van der Waals surface area contributed by atoms with Crippen molar-refractivity contribution < 1.29 is 0 Å². The summed E-state index contributed by atoms with van der Waals surface area (Å²) < 4.78 is 3.37. The lowest BCUT2D eigenvalue weighted by molar-refractivity contribution is 0.807. The normalized spacial score (nSPS) is 10.7. The fourth-order valence-corrected chi connectivity index (χ4v) is 1.29. The maximum absolute atomic E-state index is 4.03. The molecule has 0 aliphatic carbocycles. The first-order valence-electron chi connectivity index (χ1n) is 4.35. The number of aromatic nitrogens is 6. The van der Waals surface area contributed by atoms with E-state index in [2.05, 4.69) is 25.9 Å². The molecule has 0 saturated heterocycles. The van der Waals surface area contributed by atoms with Gasteiger partial charge in [0.05, 0.1) is 12.4 Å². The van der Waals surface area contributed by atoms with Crippen LogP contribution in [0.3, 0.4) is 0 Å². The summed E-state index contributed by atoms with van der Waals surface area (Å²) in [5.74, 6) is 0.702. The van der Waals surface area contributed by atoms with Crippen LogP contribution in [0, 0.1) is 0 Å². The van der Waals surface area contributed by atoms with E-state index in [1.807, 2.05) is 24.5 Å². The summed E-state index contributed by atoms with van der Waals surface area (Å²) in [5, 5.41) is 11.2. The Balaban J connectivity index is 2.07. The SMILES string of the molecule is c1ccn(Nc2cncc3nnnn23)c1. The molecule has 0 aliphatic rings. The average molecular weight is 201 g/mol. The van der Waals surface area contributed by atoms with Crippen LogP contribution in [0.5, 0.6) is 0 Å². The first-order chi connectivity index (χ1) is 7.43. The Morgan fingerprint density at radius 1 is 1.13 bits per heavy atom. The van der Waals surface area contributed by atoms with Gasteiger partial charge in [-0.25, -0.2) is 0 Å². The summed E-state index contributed by atoms with van der Waals surface area (Å²) in [4.78, 5) is 4.03. The third-order valence-corrected chi connectivity index (χ3v) is 1.96. The minimum absolute atomic E-state index is 0.604. The smallest absolute Gasteiger partial charge is 0.199 e. The number of anilines is 1. The van der Waals surface area contributed by atoms with Crippen LogP contribution in [0.15, 0.2) is 36.9 Å². The van der Waals surface area contributed by atoms with E-state index in [9.17, 15) is 0 Å². The van der Waals surface area contributed by atoms with Gasteiger partial charge in [-0.3, -0.25) is 15.1 Å². The maximum Gasteiger partial charge on any atom is 0.199 e. The molecule has 0 radical (unpaired) electrons. The Morgan fingerprint density at radius 2 is 2.00 bits per heavy atom. The number of nitrogens with one attached hydrogen (secondary N) is 1. The molecule has 0 bridgehead atoms. The van der Waals surface area contributed by atoms with Gasteiger partial charge < -0.3 is 0 Å². The van der Waals surface area contributed by atoms with Crippen molar-refractivity contribution >= 4 is 11.5 Å². The maximum atomic E-state index is 4.03. The van der Waals surface area contributed by atoms with Crippen LogP contribution in [0.25, 0.3) is 5.65 Å². The second-order valence-corrected chi connectivity index (χ2v) is 2.94. The lowest BCUT2D eigenvalue weighted by atomic mass is 10.6. The van der Waals surface area contributed by atoms with E-state index in [0.29, 0.717) is 11.5 Å². The number of nitrogens with zero attached hydrogens (tertiary/aromatic N) is 6. The molecule has 7 nitrogen and oxygen atoms in total. The Hall–Kier alpha value is -2.44. The highest BCUT2D eigenvalue weighted by molar-refractivity contribution is 5.43. The zero-order valence-corrected chi connectivity index (χ0v) is 7.65. The van der Waals surface area contributed by atoms with Gasteiger partial charge in [-0.05, 0) is 22.6 Å².